The lowest BCUT2D eigenvalue weighted by Crippen LogP contribution is -2.44. The summed E-state index contributed by atoms with van der Waals surface area (Å²) in [6.07, 6.45) is 5.05. The van der Waals surface area contributed by atoms with Crippen molar-refractivity contribution in [3.8, 4) is 6.07 Å². The molecule has 0 aliphatic rings. The number of carbonyl (C=O) groups is 1. The number of fused-ring (bicyclic) bond motifs is 1. The van der Waals surface area contributed by atoms with Crippen LogP contribution >= 0.6 is 0 Å². The third-order valence-electron chi connectivity index (χ3n) is 3.95. The van der Waals surface area contributed by atoms with Gasteiger partial charge in [-0.2, -0.15) is 19.1 Å². The molecule has 1 aromatic carbocycles. The monoisotopic (exact) mass is 415 g/mol. The largest absolute Gasteiger partial charge is 0.347 e. The van der Waals surface area contributed by atoms with Gasteiger partial charge in [-0.25, -0.2) is 9.97 Å². The normalized spacial score (nSPS) is 11.8. The molecule has 1 atom stereocenters. The SMILES string of the molecule is CN(C)c1ncccn1.C[C@H](Cn1ncc2cc(C#N)ccc21)NC(=O)C(C)(F)F. The highest BCUT2D eigenvalue weighted by Crippen LogP contribution is 2.16. The minimum Gasteiger partial charge on any atom is -0.347 e. The van der Waals surface area contributed by atoms with Crippen LogP contribution in [0.5, 0.6) is 0 Å². The predicted molar refractivity (Wildman–Crippen MR) is 109 cm³/mol. The maximum atomic E-state index is 12.8. The summed E-state index contributed by atoms with van der Waals surface area (Å²) in [5.74, 6) is -3.96. The smallest absolute Gasteiger partial charge is 0.321 e. The van der Waals surface area contributed by atoms with Crippen molar-refractivity contribution in [1.82, 2.24) is 25.1 Å². The molecule has 8 nitrogen and oxygen atoms in total. The van der Waals surface area contributed by atoms with E-state index in [1.54, 1.807) is 54.5 Å². The van der Waals surface area contributed by atoms with E-state index in [1.165, 1.54) is 0 Å². The molecule has 2 aromatic heterocycles. The molecule has 0 saturated carbocycles. The van der Waals surface area contributed by atoms with Gasteiger partial charge < -0.3 is 10.2 Å². The molecule has 0 unspecified atom stereocenters. The van der Waals surface area contributed by atoms with Crippen LogP contribution in [0.25, 0.3) is 10.9 Å². The first-order valence-electron chi connectivity index (χ1n) is 9.10. The Morgan fingerprint density at radius 3 is 2.53 bits per heavy atom. The van der Waals surface area contributed by atoms with Crippen molar-refractivity contribution >= 4 is 22.8 Å². The Balaban J connectivity index is 0.000000297. The number of aromatic nitrogens is 4. The summed E-state index contributed by atoms with van der Waals surface area (Å²) < 4.78 is 27.3. The second kappa shape index (κ2) is 9.73. The minimum atomic E-state index is -3.40. The molecule has 3 rings (SSSR count). The van der Waals surface area contributed by atoms with E-state index >= 15 is 0 Å². The van der Waals surface area contributed by atoms with Crippen LogP contribution in [0.15, 0.2) is 42.9 Å². The number of carbonyl (C=O) groups excluding carboxylic acids is 1. The third kappa shape index (κ3) is 6.20. The molecular weight excluding hydrogens is 392 g/mol. The molecule has 0 bridgehead atoms. The summed E-state index contributed by atoms with van der Waals surface area (Å²) in [7, 11) is 3.82. The lowest BCUT2D eigenvalue weighted by molar-refractivity contribution is -0.143. The Morgan fingerprint density at radius 2 is 2.00 bits per heavy atom. The Kier molecular flexibility index (Phi) is 7.36. The van der Waals surface area contributed by atoms with Gasteiger partial charge in [0.05, 0.1) is 29.9 Å². The zero-order chi connectivity index (χ0) is 22.3. The minimum absolute atomic E-state index is 0.261. The average molecular weight is 415 g/mol. The summed E-state index contributed by atoms with van der Waals surface area (Å²) in [5, 5.41) is 16.0. The molecule has 30 heavy (non-hydrogen) atoms. The standard InChI is InChI=1S/C14H14F2N4O.C6H9N3/c1-9(19-13(21)14(2,15)16)8-20-12-4-3-10(6-17)5-11(12)7-18-20;1-9(2)6-7-4-3-5-8-6/h3-5,7,9H,8H2,1-2H3,(H,19,21);3-5H,1-2H3/t9-;/m1./s1. The van der Waals surface area contributed by atoms with E-state index in [0.29, 0.717) is 12.5 Å². The number of nitrogens with one attached hydrogen (secondary N) is 1. The van der Waals surface area contributed by atoms with Gasteiger partial charge in [0.15, 0.2) is 0 Å². The average Bonchev–Trinajstić information content (AvgIpc) is 3.10. The second-order valence-electron chi connectivity index (χ2n) is 6.92. The molecule has 1 amide bonds. The van der Waals surface area contributed by atoms with E-state index < -0.39 is 17.9 Å². The number of halogens is 2. The van der Waals surface area contributed by atoms with Gasteiger partial charge in [0.25, 0.3) is 5.91 Å². The number of hydrogen-bond acceptors (Lipinski definition) is 6. The first-order valence-corrected chi connectivity index (χ1v) is 9.10. The summed E-state index contributed by atoms with van der Waals surface area (Å²) in [6.45, 7) is 2.44. The van der Waals surface area contributed by atoms with Crippen molar-refractivity contribution in [3.63, 3.8) is 0 Å². The third-order valence-corrected chi connectivity index (χ3v) is 3.95. The van der Waals surface area contributed by atoms with E-state index in [9.17, 15) is 13.6 Å². The van der Waals surface area contributed by atoms with Gasteiger partial charge in [-0.1, -0.05) is 0 Å². The zero-order valence-electron chi connectivity index (χ0n) is 17.2. The Bertz CT molecular complexity index is 1020. The van der Waals surface area contributed by atoms with E-state index in [1.807, 2.05) is 25.1 Å². The van der Waals surface area contributed by atoms with Gasteiger partial charge in [0.1, 0.15) is 0 Å². The summed E-state index contributed by atoms with van der Waals surface area (Å²) in [5.41, 5.74) is 1.30. The van der Waals surface area contributed by atoms with E-state index in [-0.39, 0.29) is 6.54 Å². The maximum absolute atomic E-state index is 12.8. The second-order valence-corrected chi connectivity index (χ2v) is 6.92. The molecule has 2 heterocycles. The lowest BCUT2D eigenvalue weighted by Gasteiger charge is -2.17. The van der Waals surface area contributed by atoms with Crippen molar-refractivity contribution in [3.05, 3.63) is 48.4 Å². The summed E-state index contributed by atoms with van der Waals surface area (Å²) >= 11 is 0. The maximum Gasteiger partial charge on any atom is 0.321 e. The molecule has 158 valence electrons. The van der Waals surface area contributed by atoms with Crippen molar-refractivity contribution in [2.45, 2.75) is 32.4 Å². The van der Waals surface area contributed by atoms with Gasteiger partial charge in [-0.05, 0) is 31.2 Å². The fourth-order valence-electron chi connectivity index (χ4n) is 2.48. The number of rotatable bonds is 5. The van der Waals surface area contributed by atoms with Gasteiger partial charge in [0.2, 0.25) is 5.95 Å². The zero-order valence-corrected chi connectivity index (χ0v) is 17.2. The van der Waals surface area contributed by atoms with Gasteiger partial charge in [-0.15, -0.1) is 0 Å². The lowest BCUT2D eigenvalue weighted by atomic mass is 10.2. The van der Waals surface area contributed by atoms with Crippen molar-refractivity contribution in [1.29, 1.82) is 5.26 Å². The van der Waals surface area contributed by atoms with Gasteiger partial charge in [-0.3, -0.25) is 9.48 Å². The van der Waals surface area contributed by atoms with Gasteiger partial charge in [0, 0.05) is 44.8 Å². The van der Waals surface area contributed by atoms with E-state index in [2.05, 4.69) is 20.4 Å². The first kappa shape index (κ1) is 22.7. The predicted octanol–water partition coefficient (Wildman–Crippen LogP) is 2.61. The van der Waals surface area contributed by atoms with Crippen LogP contribution in [-0.2, 0) is 11.3 Å². The molecule has 1 N–H and O–H groups in total. The van der Waals surface area contributed by atoms with Crippen LogP contribution in [0.3, 0.4) is 0 Å². The van der Waals surface area contributed by atoms with Crippen molar-refractivity contribution < 1.29 is 13.6 Å². The van der Waals surface area contributed by atoms with Crippen LogP contribution in [-0.4, -0.2) is 51.7 Å². The van der Waals surface area contributed by atoms with Crippen LogP contribution in [0.2, 0.25) is 0 Å². The van der Waals surface area contributed by atoms with Crippen LogP contribution in [0.1, 0.15) is 19.4 Å². The highest BCUT2D eigenvalue weighted by molar-refractivity contribution is 5.83. The number of anilines is 1. The summed E-state index contributed by atoms with van der Waals surface area (Å²) in [6, 6.07) is 8.43. The molecule has 10 heteroatoms. The van der Waals surface area contributed by atoms with Gasteiger partial charge >= 0.3 is 5.92 Å². The summed E-state index contributed by atoms with van der Waals surface area (Å²) in [4.78, 5) is 21.1. The topological polar surface area (TPSA) is 99.7 Å². The molecule has 0 aliphatic heterocycles. The first-order chi connectivity index (χ1) is 14.1. The van der Waals surface area contributed by atoms with Crippen LogP contribution in [0, 0.1) is 11.3 Å². The Labute approximate surface area is 173 Å². The molecular formula is C20H23F2N7O. The van der Waals surface area contributed by atoms with Crippen LogP contribution in [0.4, 0.5) is 14.7 Å². The van der Waals surface area contributed by atoms with Crippen LogP contribution < -0.4 is 10.2 Å². The Hall–Kier alpha value is -3.61. The number of nitrogens with zero attached hydrogens (tertiary/aromatic N) is 6. The molecule has 0 spiro atoms. The van der Waals surface area contributed by atoms with E-state index in [0.717, 1.165) is 16.9 Å². The number of hydrogen-bond donors (Lipinski definition) is 1. The molecule has 0 saturated heterocycles. The van der Waals surface area contributed by atoms with E-state index in [4.69, 9.17) is 5.26 Å². The number of alkyl halides is 2. The fourth-order valence-corrected chi connectivity index (χ4v) is 2.48. The van der Waals surface area contributed by atoms with Crippen molar-refractivity contribution in [2.24, 2.45) is 0 Å². The quantitative estimate of drug-likeness (QED) is 0.688. The number of nitriles is 1. The highest BCUT2D eigenvalue weighted by Gasteiger charge is 2.32. The van der Waals surface area contributed by atoms with Crippen molar-refractivity contribution in [2.75, 3.05) is 19.0 Å². The molecule has 3 aromatic rings. The highest BCUT2D eigenvalue weighted by atomic mass is 19.3. The molecule has 0 fully saturated rings. The number of amides is 1. The number of benzene rings is 1. The molecule has 0 radical (unpaired) electrons. The fraction of sp³-hybridized carbons (Fsp3) is 0.350. The molecule has 0 aliphatic carbocycles. The Morgan fingerprint density at radius 1 is 1.33 bits per heavy atom.